The molecule has 1 fully saturated rings. The van der Waals surface area contributed by atoms with E-state index in [0.29, 0.717) is 24.0 Å². The molecule has 0 amide bonds. The maximum Gasteiger partial charge on any atom is 0.348 e. The van der Waals surface area contributed by atoms with Crippen molar-refractivity contribution in [2.24, 2.45) is 5.92 Å². The van der Waals surface area contributed by atoms with Crippen molar-refractivity contribution in [2.45, 2.75) is 58.7 Å². The van der Waals surface area contributed by atoms with Crippen molar-refractivity contribution in [3.05, 3.63) is 29.0 Å². The van der Waals surface area contributed by atoms with Crippen molar-refractivity contribution in [3.63, 3.8) is 0 Å². The first kappa shape index (κ1) is 28.2. The molecule has 2 aromatic heterocycles. The predicted molar refractivity (Wildman–Crippen MR) is 145 cm³/mol. The Balaban J connectivity index is 1.63. The Kier molecular flexibility index (Phi) is 8.66. The highest BCUT2D eigenvalue weighted by atomic mass is 16.5. The second-order valence-corrected chi connectivity index (χ2v) is 10.4. The lowest BCUT2D eigenvalue weighted by Gasteiger charge is -2.28. The summed E-state index contributed by atoms with van der Waals surface area (Å²) >= 11 is 0. The highest BCUT2D eigenvalue weighted by Crippen LogP contribution is 2.33. The normalized spacial score (nSPS) is 16.2. The van der Waals surface area contributed by atoms with Gasteiger partial charge in [-0.3, -0.25) is 0 Å². The van der Waals surface area contributed by atoms with Gasteiger partial charge in [0.1, 0.15) is 11.4 Å². The van der Waals surface area contributed by atoms with Crippen molar-refractivity contribution in [1.29, 1.82) is 0 Å². The van der Waals surface area contributed by atoms with Crippen molar-refractivity contribution < 1.29 is 29.6 Å². The van der Waals surface area contributed by atoms with Gasteiger partial charge in [-0.1, -0.05) is 6.07 Å². The van der Waals surface area contributed by atoms with Crippen LogP contribution in [0.15, 0.2) is 12.1 Å². The molecule has 0 bridgehead atoms. The number of nitrogens with zero attached hydrogens (tertiary/aromatic N) is 4. The number of aromatic nitrogens is 4. The van der Waals surface area contributed by atoms with E-state index in [4.69, 9.17) is 4.74 Å². The number of fused-ring (bicyclic) bond motifs is 1. The summed E-state index contributed by atoms with van der Waals surface area (Å²) < 4.78 is 5.58. The molecule has 5 N–H and O–H groups in total. The van der Waals surface area contributed by atoms with Gasteiger partial charge in [0.15, 0.2) is 6.10 Å². The molecule has 2 atom stereocenters. The van der Waals surface area contributed by atoms with Crippen LogP contribution in [0.25, 0.3) is 22.4 Å². The largest absolute Gasteiger partial charge is 0.479 e. The predicted octanol–water partition coefficient (Wildman–Crippen LogP) is 2.76. The molecular formula is C27H36N6O6. The van der Waals surface area contributed by atoms with Gasteiger partial charge in [0.25, 0.3) is 0 Å². The number of likely N-dealkylation sites (tertiary alicyclic amines) is 1. The van der Waals surface area contributed by atoms with E-state index in [1.165, 1.54) is 12.8 Å². The van der Waals surface area contributed by atoms with E-state index in [9.17, 15) is 24.9 Å². The standard InChI is InChI=1S/C27H36N6O6/c1-14-12-15(2)20-18(13-14)30-23(31-20)19-16(3)29-27(28-9-5-6-17-7-10-33(4)11-8-17)32-24(19)39-22(26(37)38)21(34)25(35)36/h12-13,17,21-22,34H,5-11H2,1-4H3,(H,30,31)(H,35,36)(H,37,38)(H,28,29,32)/t21-,22-/m1/s1. The van der Waals surface area contributed by atoms with Crippen LogP contribution in [-0.4, -0.2) is 91.0 Å². The monoisotopic (exact) mass is 540 g/mol. The van der Waals surface area contributed by atoms with Gasteiger partial charge in [-0.15, -0.1) is 0 Å². The van der Waals surface area contributed by atoms with Gasteiger partial charge in [-0.2, -0.15) is 4.98 Å². The minimum absolute atomic E-state index is 0.193. The Morgan fingerprint density at radius 3 is 2.51 bits per heavy atom. The van der Waals surface area contributed by atoms with Gasteiger partial charge in [-0.05, 0) is 89.7 Å². The number of carboxylic acids is 2. The summed E-state index contributed by atoms with van der Waals surface area (Å²) in [5, 5.41) is 32.1. The number of carbonyl (C=O) groups is 2. The summed E-state index contributed by atoms with van der Waals surface area (Å²) in [6.45, 7) is 8.43. The van der Waals surface area contributed by atoms with Crippen molar-refractivity contribution in [2.75, 3.05) is 32.0 Å². The summed E-state index contributed by atoms with van der Waals surface area (Å²) in [4.78, 5) is 42.4. The minimum atomic E-state index is -2.31. The molecule has 0 saturated carbocycles. The van der Waals surface area contributed by atoms with E-state index in [0.717, 1.165) is 48.1 Å². The number of piperidine rings is 1. The molecule has 1 aliphatic rings. The first-order valence-electron chi connectivity index (χ1n) is 13.1. The molecule has 0 radical (unpaired) electrons. The average molecular weight is 541 g/mol. The zero-order valence-electron chi connectivity index (χ0n) is 22.7. The number of hydrogen-bond acceptors (Lipinski definition) is 9. The van der Waals surface area contributed by atoms with Crippen LogP contribution in [0.5, 0.6) is 5.88 Å². The van der Waals surface area contributed by atoms with Gasteiger partial charge in [0, 0.05) is 6.54 Å². The lowest BCUT2D eigenvalue weighted by Crippen LogP contribution is -2.44. The molecule has 210 valence electrons. The number of aliphatic hydroxyl groups is 1. The number of aliphatic hydroxyl groups excluding tert-OH is 1. The van der Waals surface area contributed by atoms with Crippen molar-refractivity contribution >= 4 is 28.9 Å². The Labute approximate surface area is 226 Å². The summed E-state index contributed by atoms with van der Waals surface area (Å²) in [6.07, 6.45) is -0.0642. The molecule has 0 spiro atoms. The lowest BCUT2D eigenvalue weighted by atomic mass is 9.92. The van der Waals surface area contributed by atoms with Gasteiger partial charge in [-0.25, -0.2) is 19.6 Å². The number of nitrogens with one attached hydrogen (secondary N) is 2. The third-order valence-electron chi connectivity index (χ3n) is 7.15. The Morgan fingerprint density at radius 2 is 1.85 bits per heavy atom. The number of aliphatic carboxylic acids is 2. The SMILES string of the molecule is Cc1cc(C)c2nc(-c3c(C)nc(NCCCC4CCN(C)CC4)nc3O[C@@H](C(=O)O)[C@@H](O)C(=O)O)[nH]c2c1. The topological polar surface area (TPSA) is 174 Å². The molecule has 3 heterocycles. The van der Waals surface area contributed by atoms with Crippen LogP contribution in [0, 0.1) is 26.7 Å². The number of anilines is 1. The van der Waals surface area contributed by atoms with Crippen LogP contribution in [0.2, 0.25) is 0 Å². The van der Waals surface area contributed by atoms with E-state index in [1.54, 1.807) is 6.92 Å². The highest BCUT2D eigenvalue weighted by Gasteiger charge is 2.36. The zero-order chi connectivity index (χ0) is 28.3. The summed E-state index contributed by atoms with van der Waals surface area (Å²) in [5.41, 5.74) is 4.20. The van der Waals surface area contributed by atoms with E-state index in [2.05, 4.69) is 37.2 Å². The molecule has 12 heteroatoms. The van der Waals surface area contributed by atoms with Crippen LogP contribution >= 0.6 is 0 Å². The number of carboxylic acid groups (broad SMARTS) is 2. The number of imidazole rings is 1. The van der Waals surface area contributed by atoms with E-state index in [1.807, 2.05) is 26.0 Å². The number of ether oxygens (including phenoxy) is 1. The smallest absolute Gasteiger partial charge is 0.348 e. The number of hydrogen-bond donors (Lipinski definition) is 5. The summed E-state index contributed by atoms with van der Waals surface area (Å²) in [5.74, 6) is -2.32. The Bertz CT molecular complexity index is 1350. The summed E-state index contributed by atoms with van der Waals surface area (Å²) in [7, 11) is 2.14. The fourth-order valence-electron chi connectivity index (χ4n) is 5.01. The fraction of sp³-hybridized carbons (Fsp3) is 0.519. The van der Waals surface area contributed by atoms with Crippen LogP contribution in [0.3, 0.4) is 0 Å². The molecule has 1 saturated heterocycles. The number of aryl methyl sites for hydroxylation is 3. The molecular weight excluding hydrogens is 504 g/mol. The lowest BCUT2D eigenvalue weighted by molar-refractivity contribution is -0.163. The molecule has 39 heavy (non-hydrogen) atoms. The molecule has 1 aromatic carbocycles. The third kappa shape index (κ3) is 6.63. The average Bonchev–Trinajstić information content (AvgIpc) is 3.29. The number of H-pyrrole nitrogens is 1. The van der Waals surface area contributed by atoms with Crippen molar-refractivity contribution in [3.8, 4) is 17.3 Å². The molecule has 4 rings (SSSR count). The zero-order valence-corrected chi connectivity index (χ0v) is 22.7. The second kappa shape index (κ2) is 12.0. The number of aromatic amines is 1. The van der Waals surface area contributed by atoms with Gasteiger partial charge < -0.3 is 35.3 Å². The van der Waals surface area contributed by atoms with Crippen molar-refractivity contribution in [1.82, 2.24) is 24.8 Å². The quantitative estimate of drug-likeness (QED) is 0.226. The molecule has 3 aromatic rings. The number of benzene rings is 1. The molecule has 12 nitrogen and oxygen atoms in total. The fourth-order valence-corrected chi connectivity index (χ4v) is 5.01. The van der Waals surface area contributed by atoms with Crippen LogP contribution in [0.1, 0.15) is 42.5 Å². The maximum absolute atomic E-state index is 11.8. The summed E-state index contributed by atoms with van der Waals surface area (Å²) in [6, 6.07) is 3.93. The maximum atomic E-state index is 11.8. The van der Waals surface area contributed by atoms with Crippen LogP contribution in [-0.2, 0) is 9.59 Å². The number of rotatable bonds is 11. The van der Waals surface area contributed by atoms with Gasteiger partial charge in [0.05, 0.1) is 16.7 Å². The third-order valence-corrected chi connectivity index (χ3v) is 7.15. The van der Waals surface area contributed by atoms with E-state index < -0.39 is 24.1 Å². The molecule has 0 unspecified atom stereocenters. The first-order valence-corrected chi connectivity index (χ1v) is 13.1. The van der Waals surface area contributed by atoms with Crippen LogP contribution < -0.4 is 10.1 Å². The highest BCUT2D eigenvalue weighted by molar-refractivity contribution is 5.85. The first-order chi connectivity index (χ1) is 18.5. The Morgan fingerprint density at radius 1 is 1.13 bits per heavy atom. The van der Waals surface area contributed by atoms with Gasteiger partial charge in [0.2, 0.25) is 17.9 Å². The molecule has 0 aliphatic carbocycles. The minimum Gasteiger partial charge on any atom is -0.479 e. The molecule has 1 aliphatic heterocycles. The van der Waals surface area contributed by atoms with Gasteiger partial charge >= 0.3 is 11.9 Å². The Hall–Kier alpha value is -3.77. The second-order valence-electron chi connectivity index (χ2n) is 10.4. The van der Waals surface area contributed by atoms with E-state index >= 15 is 0 Å². The van der Waals surface area contributed by atoms with E-state index in [-0.39, 0.29) is 17.4 Å². The van der Waals surface area contributed by atoms with Crippen LogP contribution in [0.4, 0.5) is 5.95 Å².